The number of carbonyl (C=O) groups excluding carboxylic acids is 2. The molecule has 0 aliphatic heterocycles. The standard InChI is InChI=1S/C21H26N2O4/c1-14(2)11-20(24)22-16-5-7-17(8-6-16)23-21(25)13-15-12-18(26-3)9-10-19(15)27-4/h5-10,12,14H,11,13H2,1-4H3,(H,22,24)(H,23,25). The molecule has 0 radical (unpaired) electrons. The van der Waals surface area contributed by atoms with E-state index in [4.69, 9.17) is 9.47 Å². The lowest BCUT2D eigenvalue weighted by Gasteiger charge is -2.11. The topological polar surface area (TPSA) is 76.7 Å². The van der Waals surface area contributed by atoms with Crippen LogP contribution in [0.3, 0.4) is 0 Å². The van der Waals surface area contributed by atoms with Gasteiger partial charge in [0.1, 0.15) is 11.5 Å². The van der Waals surface area contributed by atoms with Crippen molar-refractivity contribution in [1.29, 1.82) is 0 Å². The van der Waals surface area contributed by atoms with Crippen LogP contribution in [0.4, 0.5) is 11.4 Å². The molecule has 0 saturated carbocycles. The van der Waals surface area contributed by atoms with Gasteiger partial charge in [-0.05, 0) is 48.4 Å². The van der Waals surface area contributed by atoms with Gasteiger partial charge in [-0.1, -0.05) is 13.8 Å². The molecule has 2 rings (SSSR count). The van der Waals surface area contributed by atoms with Crippen molar-refractivity contribution in [2.45, 2.75) is 26.7 Å². The van der Waals surface area contributed by atoms with Crippen molar-refractivity contribution in [2.24, 2.45) is 5.92 Å². The molecule has 6 nitrogen and oxygen atoms in total. The van der Waals surface area contributed by atoms with Crippen LogP contribution in [0, 0.1) is 5.92 Å². The normalized spacial score (nSPS) is 10.4. The van der Waals surface area contributed by atoms with Crippen molar-refractivity contribution in [2.75, 3.05) is 24.9 Å². The molecule has 6 heteroatoms. The first-order valence-electron chi connectivity index (χ1n) is 8.82. The molecule has 0 unspecified atom stereocenters. The molecule has 0 bridgehead atoms. The van der Waals surface area contributed by atoms with Crippen molar-refractivity contribution in [3.63, 3.8) is 0 Å². The first-order chi connectivity index (χ1) is 12.9. The van der Waals surface area contributed by atoms with Crippen LogP contribution in [-0.4, -0.2) is 26.0 Å². The third-order valence-electron chi connectivity index (χ3n) is 3.88. The number of amides is 2. The van der Waals surface area contributed by atoms with E-state index in [1.807, 2.05) is 13.8 Å². The Kier molecular flexibility index (Phi) is 7.23. The average molecular weight is 370 g/mol. The van der Waals surface area contributed by atoms with Gasteiger partial charge in [0.2, 0.25) is 11.8 Å². The predicted molar refractivity (Wildman–Crippen MR) is 106 cm³/mol. The van der Waals surface area contributed by atoms with Crippen molar-refractivity contribution in [3.05, 3.63) is 48.0 Å². The van der Waals surface area contributed by atoms with Gasteiger partial charge < -0.3 is 20.1 Å². The molecule has 0 aliphatic rings. The number of benzene rings is 2. The zero-order valence-corrected chi connectivity index (χ0v) is 16.2. The highest BCUT2D eigenvalue weighted by Crippen LogP contribution is 2.25. The average Bonchev–Trinajstić information content (AvgIpc) is 2.62. The lowest BCUT2D eigenvalue weighted by molar-refractivity contribution is -0.117. The quantitative estimate of drug-likeness (QED) is 0.739. The summed E-state index contributed by atoms with van der Waals surface area (Å²) in [5.74, 6) is 1.41. The van der Waals surface area contributed by atoms with E-state index in [1.165, 1.54) is 0 Å². The number of hydrogen-bond donors (Lipinski definition) is 2. The molecule has 0 spiro atoms. The number of rotatable bonds is 8. The lowest BCUT2D eigenvalue weighted by Crippen LogP contribution is -2.15. The maximum Gasteiger partial charge on any atom is 0.228 e. The fourth-order valence-corrected chi connectivity index (χ4v) is 2.62. The molecular formula is C21H26N2O4. The second kappa shape index (κ2) is 9.62. The molecule has 0 saturated heterocycles. The summed E-state index contributed by atoms with van der Waals surface area (Å²) in [7, 11) is 3.14. The molecule has 0 atom stereocenters. The fraction of sp³-hybridized carbons (Fsp3) is 0.333. The Labute approximate surface area is 159 Å². The second-order valence-electron chi connectivity index (χ2n) is 6.63. The Morgan fingerprint density at radius 3 is 2.00 bits per heavy atom. The largest absolute Gasteiger partial charge is 0.497 e. The monoisotopic (exact) mass is 370 g/mol. The van der Waals surface area contributed by atoms with Gasteiger partial charge >= 0.3 is 0 Å². The van der Waals surface area contributed by atoms with E-state index in [9.17, 15) is 9.59 Å². The first kappa shape index (κ1) is 20.3. The summed E-state index contributed by atoms with van der Waals surface area (Å²) in [6.45, 7) is 3.99. The van der Waals surface area contributed by atoms with Gasteiger partial charge in [-0.25, -0.2) is 0 Å². The van der Waals surface area contributed by atoms with E-state index in [2.05, 4.69) is 10.6 Å². The molecule has 2 N–H and O–H groups in total. The maximum absolute atomic E-state index is 12.4. The molecule has 2 aromatic carbocycles. The molecule has 2 aromatic rings. The van der Waals surface area contributed by atoms with Gasteiger partial charge in [0.05, 0.1) is 20.6 Å². The van der Waals surface area contributed by atoms with Crippen molar-refractivity contribution in [3.8, 4) is 11.5 Å². The smallest absolute Gasteiger partial charge is 0.228 e. The van der Waals surface area contributed by atoms with Crippen LogP contribution < -0.4 is 20.1 Å². The van der Waals surface area contributed by atoms with Crippen molar-refractivity contribution >= 4 is 23.2 Å². The van der Waals surface area contributed by atoms with Crippen LogP contribution >= 0.6 is 0 Å². The van der Waals surface area contributed by atoms with Crippen LogP contribution in [0.15, 0.2) is 42.5 Å². The molecule has 0 aliphatic carbocycles. The second-order valence-corrected chi connectivity index (χ2v) is 6.63. The highest BCUT2D eigenvalue weighted by molar-refractivity contribution is 5.94. The van der Waals surface area contributed by atoms with Gasteiger partial charge in [-0.2, -0.15) is 0 Å². The third kappa shape index (κ3) is 6.33. The van der Waals surface area contributed by atoms with E-state index in [0.717, 1.165) is 5.56 Å². The zero-order chi connectivity index (χ0) is 19.8. The Hall–Kier alpha value is -3.02. The minimum atomic E-state index is -0.168. The Balaban J connectivity index is 1.97. The number of ether oxygens (including phenoxy) is 2. The lowest BCUT2D eigenvalue weighted by atomic mass is 10.1. The number of nitrogens with one attached hydrogen (secondary N) is 2. The van der Waals surface area contributed by atoms with Crippen LogP contribution in [0.2, 0.25) is 0 Å². The SMILES string of the molecule is COc1ccc(OC)c(CC(=O)Nc2ccc(NC(=O)CC(C)C)cc2)c1. The van der Waals surface area contributed by atoms with Gasteiger partial charge in [0, 0.05) is 23.4 Å². The van der Waals surface area contributed by atoms with Gasteiger partial charge in [0.25, 0.3) is 0 Å². The molecule has 0 heterocycles. The van der Waals surface area contributed by atoms with Crippen molar-refractivity contribution < 1.29 is 19.1 Å². The number of carbonyl (C=O) groups is 2. The third-order valence-corrected chi connectivity index (χ3v) is 3.88. The Bertz CT molecular complexity index is 785. The Morgan fingerprint density at radius 2 is 1.48 bits per heavy atom. The van der Waals surface area contributed by atoms with Gasteiger partial charge in [-0.3, -0.25) is 9.59 Å². The molecular weight excluding hydrogens is 344 g/mol. The molecule has 0 fully saturated rings. The summed E-state index contributed by atoms with van der Waals surface area (Å²) in [5, 5.41) is 5.68. The predicted octanol–water partition coefficient (Wildman–Crippen LogP) is 3.87. The summed E-state index contributed by atoms with van der Waals surface area (Å²) in [6.07, 6.45) is 0.633. The van der Waals surface area contributed by atoms with Crippen LogP contribution in [0.5, 0.6) is 11.5 Å². The van der Waals surface area contributed by atoms with Crippen molar-refractivity contribution in [1.82, 2.24) is 0 Å². The van der Waals surface area contributed by atoms with E-state index < -0.39 is 0 Å². The zero-order valence-electron chi connectivity index (χ0n) is 16.2. The van der Waals surface area contributed by atoms with Gasteiger partial charge in [0.15, 0.2) is 0 Å². The molecule has 27 heavy (non-hydrogen) atoms. The van der Waals surface area contributed by atoms with E-state index in [0.29, 0.717) is 35.2 Å². The number of anilines is 2. The highest BCUT2D eigenvalue weighted by Gasteiger charge is 2.11. The van der Waals surface area contributed by atoms with E-state index in [1.54, 1.807) is 56.7 Å². The molecule has 144 valence electrons. The van der Waals surface area contributed by atoms with Crippen LogP contribution in [-0.2, 0) is 16.0 Å². The van der Waals surface area contributed by atoms with Crippen LogP contribution in [0.25, 0.3) is 0 Å². The minimum absolute atomic E-state index is 0.0214. The number of hydrogen-bond acceptors (Lipinski definition) is 4. The van der Waals surface area contributed by atoms with Crippen LogP contribution in [0.1, 0.15) is 25.8 Å². The van der Waals surface area contributed by atoms with Gasteiger partial charge in [-0.15, -0.1) is 0 Å². The summed E-state index contributed by atoms with van der Waals surface area (Å²) in [5.41, 5.74) is 2.10. The summed E-state index contributed by atoms with van der Waals surface area (Å²) in [6, 6.07) is 12.4. The Morgan fingerprint density at radius 1 is 0.889 bits per heavy atom. The summed E-state index contributed by atoms with van der Waals surface area (Å²) < 4.78 is 10.5. The highest BCUT2D eigenvalue weighted by atomic mass is 16.5. The molecule has 2 amide bonds. The molecule has 0 aromatic heterocycles. The van der Waals surface area contributed by atoms with E-state index in [-0.39, 0.29) is 18.2 Å². The first-order valence-corrected chi connectivity index (χ1v) is 8.82. The van der Waals surface area contributed by atoms with E-state index >= 15 is 0 Å². The summed E-state index contributed by atoms with van der Waals surface area (Å²) in [4.78, 5) is 24.2. The maximum atomic E-state index is 12.4. The minimum Gasteiger partial charge on any atom is -0.497 e. The summed E-state index contributed by atoms with van der Waals surface area (Å²) >= 11 is 0. The fourth-order valence-electron chi connectivity index (χ4n) is 2.62. The number of methoxy groups -OCH3 is 2.